The molecule has 0 rings (SSSR count). The summed E-state index contributed by atoms with van der Waals surface area (Å²) in [4.78, 5) is 12.5. The molecule has 0 aromatic heterocycles. The van der Waals surface area contributed by atoms with Gasteiger partial charge in [-0.15, -0.1) is 0 Å². The summed E-state index contributed by atoms with van der Waals surface area (Å²) in [5.41, 5.74) is -0.450. The Balaban J connectivity index is 4.27. The van der Waals surface area contributed by atoms with Crippen molar-refractivity contribution in [1.82, 2.24) is 0 Å². The third kappa shape index (κ3) is 19.7. The molecule has 34 heavy (non-hydrogen) atoms. The molecule has 0 radical (unpaired) electrons. The van der Waals surface area contributed by atoms with Crippen molar-refractivity contribution >= 4 is 5.97 Å². The number of unbranched alkanes of at least 4 members (excludes halogenated alkanes) is 21. The van der Waals surface area contributed by atoms with Gasteiger partial charge in [-0.05, 0) is 19.3 Å². The van der Waals surface area contributed by atoms with Crippen molar-refractivity contribution in [2.45, 2.75) is 194 Å². The molecule has 0 aromatic carbocycles. The molecule has 2 nitrogen and oxygen atoms in total. The van der Waals surface area contributed by atoms with E-state index in [1.807, 2.05) is 0 Å². The molecular weight excluding hydrogens is 416 g/mol. The molecule has 0 bridgehead atoms. The van der Waals surface area contributed by atoms with Crippen molar-refractivity contribution < 1.29 is 9.90 Å². The van der Waals surface area contributed by atoms with Crippen LogP contribution in [0.25, 0.3) is 0 Å². The Kier molecular flexibility index (Phi) is 25.2. The summed E-state index contributed by atoms with van der Waals surface area (Å²) < 4.78 is 0. The van der Waals surface area contributed by atoms with Gasteiger partial charge in [-0.25, -0.2) is 0 Å². The van der Waals surface area contributed by atoms with Crippen LogP contribution < -0.4 is 0 Å². The number of aliphatic carboxylic acids is 1. The van der Waals surface area contributed by atoms with Gasteiger partial charge in [0.25, 0.3) is 0 Å². The summed E-state index contributed by atoms with van der Waals surface area (Å²) >= 11 is 0. The fraction of sp³-hybridized carbons (Fsp3) is 0.969. The number of carboxylic acids is 1. The summed E-state index contributed by atoms with van der Waals surface area (Å²) in [6.07, 6.45) is 33.8. The van der Waals surface area contributed by atoms with Crippen molar-refractivity contribution in [1.29, 1.82) is 0 Å². The largest absolute Gasteiger partial charge is 0.481 e. The number of hydrogen-bond donors (Lipinski definition) is 1. The van der Waals surface area contributed by atoms with E-state index in [4.69, 9.17) is 0 Å². The number of rotatable bonds is 28. The zero-order valence-electron chi connectivity index (χ0n) is 23.9. The number of carbonyl (C=O) groups is 1. The molecular formula is C32H64O2. The summed E-state index contributed by atoms with van der Waals surface area (Å²) in [7, 11) is 0. The Hall–Kier alpha value is -0.530. The van der Waals surface area contributed by atoms with Crippen LogP contribution in [-0.2, 0) is 4.79 Å². The van der Waals surface area contributed by atoms with Gasteiger partial charge in [0, 0.05) is 0 Å². The van der Waals surface area contributed by atoms with E-state index in [0.717, 1.165) is 38.5 Å². The van der Waals surface area contributed by atoms with Gasteiger partial charge >= 0.3 is 5.97 Å². The van der Waals surface area contributed by atoms with E-state index in [1.54, 1.807) is 0 Å². The molecule has 0 spiro atoms. The lowest BCUT2D eigenvalue weighted by Crippen LogP contribution is -2.31. The van der Waals surface area contributed by atoms with E-state index in [-0.39, 0.29) is 0 Å². The molecule has 0 aliphatic heterocycles. The van der Waals surface area contributed by atoms with E-state index in [2.05, 4.69) is 20.8 Å². The highest BCUT2D eigenvalue weighted by Crippen LogP contribution is 2.38. The van der Waals surface area contributed by atoms with Gasteiger partial charge in [-0.3, -0.25) is 4.79 Å². The first kappa shape index (κ1) is 33.5. The second-order valence-electron chi connectivity index (χ2n) is 11.3. The van der Waals surface area contributed by atoms with Crippen LogP contribution >= 0.6 is 0 Å². The first-order valence-electron chi connectivity index (χ1n) is 15.9. The van der Waals surface area contributed by atoms with Crippen molar-refractivity contribution in [2.75, 3.05) is 0 Å². The van der Waals surface area contributed by atoms with Crippen LogP contribution in [0.5, 0.6) is 0 Å². The van der Waals surface area contributed by atoms with E-state index in [0.29, 0.717) is 0 Å². The maximum Gasteiger partial charge on any atom is 0.309 e. The minimum atomic E-state index is -0.502. The quantitative estimate of drug-likeness (QED) is 0.113. The van der Waals surface area contributed by atoms with E-state index >= 15 is 0 Å². The maximum atomic E-state index is 12.5. The second-order valence-corrected chi connectivity index (χ2v) is 11.3. The Morgan fingerprint density at radius 3 is 0.824 bits per heavy atom. The molecule has 0 unspecified atom stereocenters. The molecule has 0 saturated heterocycles. The Labute approximate surface area is 215 Å². The average molecular weight is 481 g/mol. The van der Waals surface area contributed by atoms with Gasteiger partial charge in [0.2, 0.25) is 0 Å². The fourth-order valence-corrected chi connectivity index (χ4v) is 5.49. The molecule has 0 saturated carbocycles. The van der Waals surface area contributed by atoms with Crippen molar-refractivity contribution in [3.63, 3.8) is 0 Å². The molecule has 1 N–H and O–H groups in total. The standard InChI is InChI=1S/C32H64O2/c1-4-7-10-13-16-17-18-19-20-21-24-27-30-32(31(33)34,28-25-22-14-11-8-5-2)29-26-23-15-12-9-6-3/h4-30H2,1-3H3,(H,33,34). The van der Waals surface area contributed by atoms with Gasteiger partial charge < -0.3 is 5.11 Å². The predicted molar refractivity (Wildman–Crippen MR) is 152 cm³/mol. The molecule has 0 amide bonds. The van der Waals surface area contributed by atoms with Gasteiger partial charge in [0.15, 0.2) is 0 Å². The highest BCUT2D eigenvalue weighted by atomic mass is 16.4. The van der Waals surface area contributed by atoms with Crippen molar-refractivity contribution in [3.8, 4) is 0 Å². The van der Waals surface area contributed by atoms with Gasteiger partial charge in [-0.1, -0.05) is 175 Å². The van der Waals surface area contributed by atoms with E-state index < -0.39 is 11.4 Å². The molecule has 0 atom stereocenters. The molecule has 0 fully saturated rings. The first-order valence-corrected chi connectivity index (χ1v) is 15.9. The Bertz CT molecular complexity index is 401. The Morgan fingerprint density at radius 1 is 0.412 bits per heavy atom. The molecule has 204 valence electrons. The molecule has 2 heteroatoms. The van der Waals surface area contributed by atoms with Crippen LogP contribution in [0.1, 0.15) is 194 Å². The summed E-state index contributed by atoms with van der Waals surface area (Å²) in [6, 6.07) is 0. The minimum absolute atomic E-state index is 0.450. The smallest absolute Gasteiger partial charge is 0.309 e. The SMILES string of the molecule is CCCCCCCCCCCCCCC(CCCCCCCC)(CCCCCCCC)C(=O)O. The second kappa shape index (κ2) is 25.6. The van der Waals surface area contributed by atoms with Gasteiger partial charge in [-0.2, -0.15) is 0 Å². The fourth-order valence-electron chi connectivity index (χ4n) is 5.49. The third-order valence-corrected chi connectivity index (χ3v) is 7.98. The van der Waals surface area contributed by atoms with E-state index in [9.17, 15) is 9.90 Å². The predicted octanol–water partition coefficient (Wildman–Crippen LogP) is 11.6. The van der Waals surface area contributed by atoms with Crippen LogP contribution in [0.2, 0.25) is 0 Å². The number of carboxylic acid groups (broad SMARTS) is 1. The summed E-state index contributed by atoms with van der Waals surface area (Å²) in [5.74, 6) is -0.502. The normalized spacial score (nSPS) is 11.9. The van der Waals surface area contributed by atoms with Gasteiger partial charge in [0.1, 0.15) is 0 Å². The van der Waals surface area contributed by atoms with Crippen molar-refractivity contribution in [2.24, 2.45) is 5.41 Å². The van der Waals surface area contributed by atoms with Crippen LogP contribution in [0, 0.1) is 5.41 Å². The topological polar surface area (TPSA) is 37.3 Å². The Morgan fingerprint density at radius 2 is 0.618 bits per heavy atom. The molecule has 0 aliphatic rings. The van der Waals surface area contributed by atoms with E-state index in [1.165, 1.54) is 135 Å². The lowest BCUT2D eigenvalue weighted by Gasteiger charge is -2.30. The zero-order chi connectivity index (χ0) is 25.2. The van der Waals surface area contributed by atoms with Gasteiger partial charge in [0.05, 0.1) is 5.41 Å². The number of hydrogen-bond acceptors (Lipinski definition) is 1. The highest BCUT2D eigenvalue weighted by Gasteiger charge is 2.36. The third-order valence-electron chi connectivity index (χ3n) is 7.98. The highest BCUT2D eigenvalue weighted by molar-refractivity contribution is 5.74. The molecule has 0 aromatic rings. The monoisotopic (exact) mass is 480 g/mol. The van der Waals surface area contributed by atoms with Crippen LogP contribution in [-0.4, -0.2) is 11.1 Å². The maximum absolute atomic E-state index is 12.5. The minimum Gasteiger partial charge on any atom is -0.481 e. The molecule has 0 heterocycles. The van der Waals surface area contributed by atoms with Crippen LogP contribution in [0.4, 0.5) is 0 Å². The van der Waals surface area contributed by atoms with Crippen LogP contribution in [0.15, 0.2) is 0 Å². The average Bonchev–Trinajstić information content (AvgIpc) is 2.83. The lowest BCUT2D eigenvalue weighted by molar-refractivity contribution is -0.150. The first-order chi connectivity index (χ1) is 16.6. The van der Waals surface area contributed by atoms with Crippen LogP contribution in [0.3, 0.4) is 0 Å². The molecule has 0 aliphatic carbocycles. The zero-order valence-corrected chi connectivity index (χ0v) is 23.9. The van der Waals surface area contributed by atoms with Crippen molar-refractivity contribution in [3.05, 3.63) is 0 Å². The summed E-state index contributed by atoms with van der Waals surface area (Å²) in [6.45, 7) is 6.79. The summed E-state index contributed by atoms with van der Waals surface area (Å²) in [5, 5.41) is 10.3. The lowest BCUT2D eigenvalue weighted by atomic mass is 9.74.